The fourth-order valence-corrected chi connectivity index (χ4v) is 5.07. The molecule has 0 aromatic heterocycles. The number of nitro benzene ring substituents is 2. The van der Waals surface area contributed by atoms with Gasteiger partial charge in [-0.1, -0.05) is 29.8 Å². The van der Waals surface area contributed by atoms with Crippen LogP contribution in [0.15, 0.2) is 65.6 Å². The SMILES string of the molecule is Cc1ccc(S(=O)(=O)N2C/C(=C\c3ccc(F)cc3)c3c2cc([N+](=O)[O-])cc3[N+](=O)[O-])cc1. The molecule has 0 bridgehead atoms. The minimum Gasteiger partial charge on any atom is -0.261 e. The summed E-state index contributed by atoms with van der Waals surface area (Å²) in [6, 6.07) is 13.1. The average Bonchev–Trinajstić information content (AvgIpc) is 3.14. The van der Waals surface area contributed by atoms with Crippen molar-refractivity contribution in [3.63, 3.8) is 0 Å². The molecule has 0 fully saturated rings. The Hall–Kier alpha value is -4.12. The zero-order valence-electron chi connectivity index (χ0n) is 17.1. The van der Waals surface area contributed by atoms with Crippen LogP contribution in [0.5, 0.6) is 0 Å². The van der Waals surface area contributed by atoms with Gasteiger partial charge in [-0.05, 0) is 48.4 Å². The largest absolute Gasteiger partial charge is 0.285 e. The highest BCUT2D eigenvalue weighted by Crippen LogP contribution is 2.47. The monoisotopic (exact) mass is 469 g/mol. The zero-order chi connectivity index (χ0) is 23.9. The maximum Gasteiger partial charge on any atom is 0.285 e. The van der Waals surface area contributed by atoms with Gasteiger partial charge in [-0.25, -0.2) is 12.8 Å². The van der Waals surface area contributed by atoms with Gasteiger partial charge in [-0.15, -0.1) is 0 Å². The Bertz CT molecular complexity index is 1420. The molecule has 11 heteroatoms. The third kappa shape index (κ3) is 4.05. The molecule has 1 aliphatic rings. The molecule has 0 amide bonds. The lowest BCUT2D eigenvalue weighted by molar-refractivity contribution is -0.394. The van der Waals surface area contributed by atoms with Crippen LogP contribution in [0.25, 0.3) is 11.6 Å². The molecule has 0 radical (unpaired) electrons. The lowest BCUT2D eigenvalue weighted by Crippen LogP contribution is -2.29. The van der Waals surface area contributed by atoms with E-state index in [-0.39, 0.29) is 28.3 Å². The summed E-state index contributed by atoms with van der Waals surface area (Å²) in [4.78, 5) is 21.5. The molecular weight excluding hydrogens is 453 g/mol. The van der Waals surface area contributed by atoms with Crippen LogP contribution in [-0.4, -0.2) is 24.8 Å². The highest BCUT2D eigenvalue weighted by molar-refractivity contribution is 7.92. The number of non-ortho nitro benzene ring substituents is 1. The molecule has 3 aromatic carbocycles. The summed E-state index contributed by atoms with van der Waals surface area (Å²) >= 11 is 0. The first-order chi connectivity index (χ1) is 15.6. The molecule has 4 rings (SSSR count). The molecule has 0 aliphatic carbocycles. The first-order valence-electron chi connectivity index (χ1n) is 9.60. The van der Waals surface area contributed by atoms with Crippen molar-refractivity contribution < 1.29 is 22.7 Å². The van der Waals surface area contributed by atoms with Gasteiger partial charge in [0.05, 0.1) is 38.6 Å². The molecule has 9 nitrogen and oxygen atoms in total. The van der Waals surface area contributed by atoms with E-state index in [1.807, 2.05) is 0 Å². The van der Waals surface area contributed by atoms with Gasteiger partial charge in [0.25, 0.3) is 21.4 Å². The lowest BCUT2D eigenvalue weighted by Gasteiger charge is -2.19. The molecule has 168 valence electrons. The van der Waals surface area contributed by atoms with Crippen molar-refractivity contribution in [1.82, 2.24) is 0 Å². The van der Waals surface area contributed by atoms with E-state index in [0.29, 0.717) is 5.56 Å². The van der Waals surface area contributed by atoms with Gasteiger partial charge in [-0.3, -0.25) is 24.5 Å². The van der Waals surface area contributed by atoms with Crippen LogP contribution in [-0.2, 0) is 10.0 Å². The van der Waals surface area contributed by atoms with E-state index < -0.39 is 37.1 Å². The minimum atomic E-state index is -4.20. The standard InChI is InChI=1S/C22H16FN3O6S/c1-14-2-8-19(9-3-14)33(31,32)24-13-16(10-15-4-6-17(23)7-5-15)22-20(24)11-18(25(27)28)12-21(22)26(29)30/h2-12H,13H2,1H3/b16-10+. The van der Waals surface area contributed by atoms with Crippen molar-refractivity contribution >= 4 is 38.7 Å². The normalized spacial score (nSPS) is 14.4. The Balaban J connectivity index is 1.97. The summed E-state index contributed by atoms with van der Waals surface area (Å²) in [7, 11) is -4.20. The van der Waals surface area contributed by atoms with Gasteiger partial charge in [0, 0.05) is 6.07 Å². The Morgan fingerprint density at radius 1 is 0.970 bits per heavy atom. The van der Waals surface area contributed by atoms with Crippen LogP contribution in [0.4, 0.5) is 21.5 Å². The molecule has 0 atom stereocenters. The molecule has 3 aromatic rings. The Kier molecular flexibility index (Phi) is 5.42. The number of halogens is 1. The average molecular weight is 469 g/mol. The molecule has 33 heavy (non-hydrogen) atoms. The predicted molar refractivity (Wildman–Crippen MR) is 120 cm³/mol. The number of hydrogen-bond donors (Lipinski definition) is 0. The molecule has 0 unspecified atom stereocenters. The smallest absolute Gasteiger partial charge is 0.261 e. The van der Waals surface area contributed by atoms with E-state index in [0.717, 1.165) is 22.0 Å². The summed E-state index contributed by atoms with van der Waals surface area (Å²) in [5.74, 6) is -0.478. The number of benzene rings is 3. The van der Waals surface area contributed by atoms with E-state index in [4.69, 9.17) is 0 Å². The summed E-state index contributed by atoms with van der Waals surface area (Å²) in [6.45, 7) is 1.50. The van der Waals surface area contributed by atoms with Crippen LogP contribution in [0.1, 0.15) is 16.7 Å². The van der Waals surface area contributed by atoms with Gasteiger partial charge in [-0.2, -0.15) is 0 Å². The van der Waals surface area contributed by atoms with E-state index >= 15 is 0 Å². The molecule has 1 heterocycles. The maximum absolute atomic E-state index is 13.4. The fourth-order valence-electron chi connectivity index (χ4n) is 3.62. The first-order valence-corrected chi connectivity index (χ1v) is 11.0. The van der Waals surface area contributed by atoms with Crippen LogP contribution in [0, 0.1) is 33.0 Å². The predicted octanol–water partition coefficient (Wildman–Crippen LogP) is 4.70. The summed E-state index contributed by atoms with van der Waals surface area (Å²) in [5.41, 5.74) is 0.185. The van der Waals surface area contributed by atoms with Crippen molar-refractivity contribution in [2.45, 2.75) is 11.8 Å². The summed E-state index contributed by atoms with van der Waals surface area (Å²) in [5, 5.41) is 23.2. The molecule has 0 saturated carbocycles. The third-order valence-corrected chi connectivity index (χ3v) is 6.99. The summed E-state index contributed by atoms with van der Waals surface area (Å²) < 4.78 is 41.1. The van der Waals surface area contributed by atoms with Gasteiger partial charge in [0.2, 0.25) is 0 Å². The van der Waals surface area contributed by atoms with Gasteiger partial charge in [0.1, 0.15) is 5.82 Å². The molecule has 0 saturated heterocycles. The second-order valence-electron chi connectivity index (χ2n) is 7.42. The maximum atomic E-state index is 13.4. The number of hydrogen-bond acceptors (Lipinski definition) is 6. The van der Waals surface area contributed by atoms with E-state index in [9.17, 15) is 33.0 Å². The number of nitrogens with zero attached hydrogens (tertiary/aromatic N) is 3. The van der Waals surface area contributed by atoms with Gasteiger partial charge >= 0.3 is 0 Å². The van der Waals surface area contributed by atoms with Crippen molar-refractivity contribution in [3.05, 3.63) is 103 Å². The topological polar surface area (TPSA) is 124 Å². The lowest BCUT2D eigenvalue weighted by atomic mass is 10.0. The number of sulfonamides is 1. The molecule has 1 aliphatic heterocycles. The van der Waals surface area contributed by atoms with E-state index in [1.165, 1.54) is 42.5 Å². The van der Waals surface area contributed by atoms with Crippen LogP contribution >= 0.6 is 0 Å². The Labute approximate surface area is 187 Å². The molecule has 0 spiro atoms. The Morgan fingerprint density at radius 3 is 2.18 bits per heavy atom. The third-order valence-electron chi connectivity index (χ3n) is 5.21. The van der Waals surface area contributed by atoms with E-state index in [1.54, 1.807) is 19.1 Å². The number of fused-ring (bicyclic) bond motifs is 1. The van der Waals surface area contributed by atoms with Gasteiger partial charge in [0.15, 0.2) is 0 Å². The highest BCUT2D eigenvalue weighted by Gasteiger charge is 2.40. The zero-order valence-corrected chi connectivity index (χ0v) is 18.0. The molecular formula is C22H16FN3O6S. The number of nitro groups is 2. The highest BCUT2D eigenvalue weighted by atomic mass is 32.2. The van der Waals surface area contributed by atoms with E-state index in [2.05, 4.69) is 0 Å². The second kappa shape index (κ2) is 8.10. The summed E-state index contributed by atoms with van der Waals surface area (Å²) in [6.07, 6.45) is 1.50. The van der Waals surface area contributed by atoms with Gasteiger partial charge < -0.3 is 0 Å². The van der Waals surface area contributed by atoms with Crippen molar-refractivity contribution in [3.8, 4) is 0 Å². The Morgan fingerprint density at radius 2 is 1.61 bits per heavy atom. The van der Waals surface area contributed by atoms with Crippen LogP contribution in [0.3, 0.4) is 0 Å². The first kappa shape index (κ1) is 22.1. The van der Waals surface area contributed by atoms with Crippen molar-refractivity contribution in [2.24, 2.45) is 0 Å². The van der Waals surface area contributed by atoms with Crippen LogP contribution < -0.4 is 4.31 Å². The second-order valence-corrected chi connectivity index (χ2v) is 9.28. The molecule has 0 N–H and O–H groups in total. The van der Waals surface area contributed by atoms with Crippen LogP contribution in [0.2, 0.25) is 0 Å². The minimum absolute atomic E-state index is 0.0365. The number of anilines is 1. The van der Waals surface area contributed by atoms with Crippen molar-refractivity contribution in [2.75, 3.05) is 10.8 Å². The van der Waals surface area contributed by atoms with Crippen molar-refractivity contribution in [1.29, 1.82) is 0 Å². The fraction of sp³-hybridized carbons (Fsp3) is 0.0909. The number of rotatable bonds is 5. The quantitative estimate of drug-likeness (QED) is 0.394. The number of aryl methyl sites for hydroxylation is 1.